The van der Waals surface area contributed by atoms with Gasteiger partial charge in [0.05, 0.1) is 16.6 Å². The summed E-state index contributed by atoms with van der Waals surface area (Å²) < 4.78 is 28.0. The van der Waals surface area contributed by atoms with Crippen LogP contribution in [0, 0.1) is 0 Å². The van der Waals surface area contributed by atoms with Crippen LogP contribution in [0.1, 0.15) is 12.8 Å². The molecule has 1 atom stereocenters. The van der Waals surface area contributed by atoms with Crippen molar-refractivity contribution < 1.29 is 13.5 Å². The number of rotatable bonds is 4. The maximum Gasteiger partial charge on any atom is 0.210 e. The Labute approximate surface area is 146 Å². The highest BCUT2D eigenvalue weighted by molar-refractivity contribution is 7.91. The van der Waals surface area contributed by atoms with Crippen molar-refractivity contribution in [3.8, 4) is 5.75 Å². The van der Waals surface area contributed by atoms with Crippen LogP contribution in [0.2, 0.25) is 0 Å². The molecule has 0 bridgehead atoms. The first kappa shape index (κ1) is 16.1. The molecular weight excluding hydrogens is 338 g/mol. The van der Waals surface area contributed by atoms with Crippen molar-refractivity contribution in [2.45, 2.75) is 35.2 Å². The molecule has 130 valence electrons. The highest BCUT2D eigenvalue weighted by Crippen LogP contribution is 2.31. The Morgan fingerprint density at radius 1 is 1.28 bits per heavy atom. The first-order valence-corrected chi connectivity index (χ1v) is 9.75. The molecule has 2 aromatic heterocycles. The molecule has 2 N–H and O–H groups in total. The molecule has 1 aromatic carbocycles. The quantitative estimate of drug-likeness (QED) is 0.749. The molecule has 1 unspecified atom stereocenters. The number of hydrogen-bond acceptors (Lipinski definition) is 5. The number of aromatic nitrogens is 2. The Morgan fingerprint density at radius 2 is 2.08 bits per heavy atom. The van der Waals surface area contributed by atoms with E-state index in [9.17, 15) is 13.5 Å². The van der Waals surface area contributed by atoms with Gasteiger partial charge in [0, 0.05) is 24.8 Å². The van der Waals surface area contributed by atoms with Gasteiger partial charge in [-0.3, -0.25) is 0 Å². The summed E-state index contributed by atoms with van der Waals surface area (Å²) in [5.74, 6) is 0.0230. The SMILES string of the molecule is O=S(=O)(c1ccccc1)c1cn(CC2CCCN2)c2cc(O)cnc12. The minimum absolute atomic E-state index is 0.0230. The van der Waals surface area contributed by atoms with E-state index in [0.29, 0.717) is 23.6 Å². The second kappa shape index (κ2) is 6.16. The fourth-order valence-corrected chi connectivity index (χ4v) is 4.80. The van der Waals surface area contributed by atoms with Crippen LogP contribution in [0.15, 0.2) is 58.6 Å². The fourth-order valence-electron chi connectivity index (χ4n) is 3.35. The molecule has 25 heavy (non-hydrogen) atoms. The summed E-state index contributed by atoms with van der Waals surface area (Å²) >= 11 is 0. The van der Waals surface area contributed by atoms with Crippen molar-refractivity contribution >= 4 is 20.9 Å². The number of nitrogens with zero attached hydrogens (tertiary/aromatic N) is 2. The van der Waals surface area contributed by atoms with Crippen LogP contribution >= 0.6 is 0 Å². The standard InChI is InChI=1S/C18H19N3O3S/c22-14-9-16-18(20-10-14)17(12-21(16)11-13-5-4-8-19-13)25(23,24)15-6-2-1-3-7-15/h1-3,6-7,9-10,12-13,19,22H,4-5,8,11H2. The van der Waals surface area contributed by atoms with Crippen molar-refractivity contribution in [3.63, 3.8) is 0 Å². The second-order valence-electron chi connectivity index (χ2n) is 6.32. The van der Waals surface area contributed by atoms with Crippen LogP contribution in [-0.4, -0.2) is 35.7 Å². The Kier molecular flexibility index (Phi) is 3.97. The van der Waals surface area contributed by atoms with Gasteiger partial charge in [0.25, 0.3) is 0 Å². The Morgan fingerprint density at radius 3 is 2.80 bits per heavy atom. The minimum Gasteiger partial charge on any atom is -0.506 e. The molecule has 1 saturated heterocycles. The molecule has 0 saturated carbocycles. The number of pyridine rings is 1. The van der Waals surface area contributed by atoms with E-state index in [4.69, 9.17) is 0 Å². The zero-order valence-corrected chi connectivity index (χ0v) is 14.4. The maximum atomic E-state index is 13.1. The summed E-state index contributed by atoms with van der Waals surface area (Å²) in [6.45, 7) is 1.62. The zero-order chi connectivity index (χ0) is 17.4. The van der Waals surface area contributed by atoms with E-state index >= 15 is 0 Å². The Balaban J connectivity index is 1.87. The molecule has 1 aliphatic heterocycles. The van der Waals surface area contributed by atoms with E-state index in [0.717, 1.165) is 19.4 Å². The summed E-state index contributed by atoms with van der Waals surface area (Å²) in [5.41, 5.74) is 1.02. The molecule has 0 spiro atoms. The summed E-state index contributed by atoms with van der Waals surface area (Å²) in [7, 11) is -3.68. The van der Waals surface area contributed by atoms with E-state index in [-0.39, 0.29) is 15.5 Å². The third-order valence-electron chi connectivity index (χ3n) is 4.59. The Bertz CT molecular complexity index is 1010. The number of hydrogen-bond donors (Lipinski definition) is 2. The van der Waals surface area contributed by atoms with Gasteiger partial charge in [-0.05, 0) is 31.5 Å². The van der Waals surface area contributed by atoms with Crippen LogP contribution in [0.25, 0.3) is 11.0 Å². The monoisotopic (exact) mass is 357 g/mol. The fraction of sp³-hybridized carbons (Fsp3) is 0.278. The molecule has 0 radical (unpaired) electrons. The van der Waals surface area contributed by atoms with Crippen LogP contribution in [0.4, 0.5) is 0 Å². The number of fused-ring (bicyclic) bond motifs is 1. The molecule has 1 fully saturated rings. The maximum absolute atomic E-state index is 13.1. The average Bonchev–Trinajstić information content (AvgIpc) is 3.24. The van der Waals surface area contributed by atoms with Gasteiger partial charge in [-0.2, -0.15) is 0 Å². The van der Waals surface area contributed by atoms with Gasteiger partial charge in [-0.15, -0.1) is 0 Å². The first-order valence-electron chi connectivity index (χ1n) is 8.27. The summed E-state index contributed by atoms with van der Waals surface area (Å²) in [5, 5.41) is 13.2. The number of nitrogens with one attached hydrogen (secondary N) is 1. The summed E-state index contributed by atoms with van der Waals surface area (Å²) in [4.78, 5) is 4.61. The van der Waals surface area contributed by atoms with Gasteiger partial charge < -0.3 is 15.0 Å². The number of aromatic hydroxyl groups is 1. The molecule has 7 heteroatoms. The molecule has 1 aliphatic rings. The van der Waals surface area contributed by atoms with E-state index in [1.807, 2.05) is 4.57 Å². The normalized spacial score (nSPS) is 18.0. The highest BCUT2D eigenvalue weighted by Gasteiger charge is 2.25. The molecule has 4 rings (SSSR count). The second-order valence-corrected chi connectivity index (χ2v) is 8.23. The predicted octanol–water partition coefficient (Wildman–Crippen LogP) is 2.33. The van der Waals surface area contributed by atoms with Gasteiger partial charge in [-0.1, -0.05) is 18.2 Å². The average molecular weight is 357 g/mol. The smallest absolute Gasteiger partial charge is 0.210 e. The van der Waals surface area contributed by atoms with E-state index < -0.39 is 9.84 Å². The Hall–Kier alpha value is -2.38. The molecule has 0 aliphatic carbocycles. The molecular formula is C18H19N3O3S. The molecule has 3 aromatic rings. The van der Waals surface area contributed by atoms with Crippen LogP contribution in [-0.2, 0) is 16.4 Å². The van der Waals surface area contributed by atoms with Crippen LogP contribution in [0.3, 0.4) is 0 Å². The zero-order valence-electron chi connectivity index (χ0n) is 13.6. The van der Waals surface area contributed by atoms with Gasteiger partial charge in [-0.25, -0.2) is 13.4 Å². The van der Waals surface area contributed by atoms with Crippen LogP contribution in [0.5, 0.6) is 5.75 Å². The topological polar surface area (TPSA) is 84.2 Å². The first-order chi connectivity index (χ1) is 12.1. The molecule has 6 nitrogen and oxygen atoms in total. The van der Waals surface area contributed by atoms with Crippen molar-refractivity contribution in [1.82, 2.24) is 14.9 Å². The van der Waals surface area contributed by atoms with Gasteiger partial charge in [0.2, 0.25) is 9.84 Å². The molecule has 3 heterocycles. The number of benzene rings is 1. The van der Waals surface area contributed by atoms with Crippen molar-refractivity contribution in [2.24, 2.45) is 0 Å². The lowest BCUT2D eigenvalue weighted by atomic mass is 10.2. The third kappa shape index (κ3) is 2.89. The highest BCUT2D eigenvalue weighted by atomic mass is 32.2. The van der Waals surface area contributed by atoms with Gasteiger partial charge >= 0.3 is 0 Å². The lowest BCUT2D eigenvalue weighted by Crippen LogP contribution is -2.26. The van der Waals surface area contributed by atoms with E-state index in [1.165, 1.54) is 6.20 Å². The van der Waals surface area contributed by atoms with Crippen molar-refractivity contribution in [3.05, 3.63) is 48.8 Å². The molecule has 0 amide bonds. The van der Waals surface area contributed by atoms with Gasteiger partial charge in [0.1, 0.15) is 16.2 Å². The lowest BCUT2D eigenvalue weighted by Gasteiger charge is -2.12. The largest absolute Gasteiger partial charge is 0.506 e. The van der Waals surface area contributed by atoms with Gasteiger partial charge in [0.15, 0.2) is 0 Å². The lowest BCUT2D eigenvalue weighted by molar-refractivity contribution is 0.472. The summed E-state index contributed by atoms with van der Waals surface area (Å²) in [6.07, 6.45) is 5.08. The summed E-state index contributed by atoms with van der Waals surface area (Å²) in [6, 6.07) is 10.2. The van der Waals surface area contributed by atoms with E-state index in [2.05, 4.69) is 10.3 Å². The number of sulfone groups is 1. The minimum atomic E-state index is -3.68. The van der Waals surface area contributed by atoms with Crippen LogP contribution < -0.4 is 5.32 Å². The van der Waals surface area contributed by atoms with E-state index in [1.54, 1.807) is 42.6 Å². The predicted molar refractivity (Wildman–Crippen MR) is 94.3 cm³/mol. The van der Waals surface area contributed by atoms with Crippen molar-refractivity contribution in [2.75, 3.05) is 6.54 Å². The third-order valence-corrected chi connectivity index (χ3v) is 6.36. The van der Waals surface area contributed by atoms with Crippen molar-refractivity contribution in [1.29, 1.82) is 0 Å².